The number of anilines is 1. The molecule has 3 rings (SSSR count). The normalized spacial score (nSPS) is 15.7. The van der Waals surface area contributed by atoms with Crippen LogP contribution in [0.25, 0.3) is 6.08 Å². The smallest absolute Gasteiger partial charge is 0.322 e. The molecule has 6 nitrogen and oxygen atoms in total. The molecule has 24 heavy (non-hydrogen) atoms. The van der Waals surface area contributed by atoms with E-state index in [1.807, 2.05) is 11.4 Å². The van der Waals surface area contributed by atoms with Crippen molar-refractivity contribution in [1.29, 1.82) is 0 Å². The van der Waals surface area contributed by atoms with E-state index >= 15 is 0 Å². The zero-order valence-corrected chi connectivity index (χ0v) is 13.1. The van der Waals surface area contributed by atoms with Crippen LogP contribution < -0.4 is 10.6 Å². The van der Waals surface area contributed by atoms with Gasteiger partial charge in [0.25, 0.3) is 5.91 Å². The highest BCUT2D eigenvalue weighted by atomic mass is 32.1. The minimum Gasteiger partial charge on any atom is -0.322 e. The van der Waals surface area contributed by atoms with Gasteiger partial charge >= 0.3 is 6.03 Å². The number of rotatable bonds is 4. The first-order chi connectivity index (χ1) is 11.5. The fourth-order valence-corrected chi connectivity index (χ4v) is 2.78. The summed E-state index contributed by atoms with van der Waals surface area (Å²) in [6.45, 7) is -0.499. The van der Waals surface area contributed by atoms with Gasteiger partial charge in [-0.2, -0.15) is 0 Å². The van der Waals surface area contributed by atoms with Crippen LogP contribution in [-0.4, -0.2) is 29.3 Å². The molecule has 0 spiro atoms. The minimum atomic E-state index is -0.688. The number of imide groups is 1. The Balaban J connectivity index is 1.69. The number of nitrogens with one attached hydrogen (secondary N) is 2. The summed E-state index contributed by atoms with van der Waals surface area (Å²) >= 11 is 1.41. The largest absolute Gasteiger partial charge is 0.329 e. The molecule has 2 heterocycles. The van der Waals surface area contributed by atoms with Gasteiger partial charge in [0.2, 0.25) is 5.91 Å². The van der Waals surface area contributed by atoms with Crippen LogP contribution in [0, 0.1) is 5.82 Å². The summed E-state index contributed by atoms with van der Waals surface area (Å²) in [7, 11) is 0. The second-order valence-electron chi connectivity index (χ2n) is 4.92. The van der Waals surface area contributed by atoms with Crippen molar-refractivity contribution in [3.05, 3.63) is 58.2 Å². The van der Waals surface area contributed by atoms with E-state index in [4.69, 9.17) is 0 Å². The third kappa shape index (κ3) is 3.33. The monoisotopic (exact) mass is 345 g/mol. The van der Waals surface area contributed by atoms with Gasteiger partial charge in [-0.1, -0.05) is 18.2 Å². The molecule has 2 N–H and O–H groups in total. The molecule has 0 bridgehead atoms. The molecule has 8 heteroatoms. The van der Waals surface area contributed by atoms with E-state index in [2.05, 4.69) is 10.6 Å². The van der Waals surface area contributed by atoms with E-state index < -0.39 is 30.2 Å². The van der Waals surface area contributed by atoms with Crippen molar-refractivity contribution in [2.24, 2.45) is 0 Å². The van der Waals surface area contributed by atoms with Crippen LogP contribution in [0.1, 0.15) is 4.88 Å². The maximum Gasteiger partial charge on any atom is 0.329 e. The molecule has 0 atom stereocenters. The number of nitrogens with zero attached hydrogens (tertiary/aromatic N) is 1. The highest BCUT2D eigenvalue weighted by molar-refractivity contribution is 7.10. The second kappa shape index (κ2) is 6.63. The predicted octanol–water partition coefficient (Wildman–Crippen LogP) is 2.42. The van der Waals surface area contributed by atoms with Crippen molar-refractivity contribution in [2.75, 3.05) is 11.9 Å². The van der Waals surface area contributed by atoms with Crippen molar-refractivity contribution in [3.8, 4) is 0 Å². The minimum absolute atomic E-state index is 0.0103. The Morgan fingerprint density at radius 3 is 2.75 bits per heavy atom. The summed E-state index contributed by atoms with van der Waals surface area (Å²) in [5.41, 5.74) is 0.0880. The van der Waals surface area contributed by atoms with Crippen LogP contribution in [0.3, 0.4) is 0 Å². The number of carbonyl (C=O) groups is 3. The molecule has 1 fully saturated rings. The quantitative estimate of drug-likeness (QED) is 0.660. The fraction of sp³-hybridized carbons (Fsp3) is 0.0625. The maximum atomic E-state index is 13.5. The maximum absolute atomic E-state index is 13.5. The first-order valence-electron chi connectivity index (χ1n) is 6.97. The fourth-order valence-electron chi connectivity index (χ4n) is 2.13. The summed E-state index contributed by atoms with van der Waals surface area (Å²) in [4.78, 5) is 37.6. The van der Waals surface area contributed by atoms with Crippen LogP contribution in [0.15, 0.2) is 47.5 Å². The number of thiophene rings is 1. The number of hydrogen-bond acceptors (Lipinski definition) is 4. The van der Waals surface area contributed by atoms with Crippen molar-refractivity contribution in [2.45, 2.75) is 0 Å². The molecule has 1 aliphatic rings. The Morgan fingerprint density at radius 2 is 2.04 bits per heavy atom. The van der Waals surface area contributed by atoms with E-state index in [0.29, 0.717) is 0 Å². The van der Waals surface area contributed by atoms with Crippen molar-refractivity contribution < 1.29 is 18.8 Å². The average Bonchev–Trinajstić information content (AvgIpc) is 3.14. The third-order valence-corrected chi connectivity index (χ3v) is 4.06. The third-order valence-electron chi connectivity index (χ3n) is 3.24. The Bertz CT molecular complexity index is 833. The molecule has 2 aromatic rings. The van der Waals surface area contributed by atoms with Gasteiger partial charge in [-0.3, -0.25) is 9.59 Å². The number of hydrogen-bond donors (Lipinski definition) is 2. The average molecular weight is 345 g/mol. The number of carbonyl (C=O) groups excluding carboxylic acids is 3. The highest BCUT2D eigenvalue weighted by Crippen LogP contribution is 2.18. The summed E-state index contributed by atoms with van der Waals surface area (Å²) < 4.78 is 13.5. The lowest BCUT2D eigenvalue weighted by Gasteiger charge is -2.12. The molecule has 1 aromatic heterocycles. The van der Waals surface area contributed by atoms with Gasteiger partial charge in [0.1, 0.15) is 18.1 Å². The number of halogens is 1. The zero-order valence-electron chi connectivity index (χ0n) is 12.3. The number of para-hydroxylation sites is 1. The standard InChI is InChI=1S/C16H12FN3O3S/c17-11-5-1-2-6-12(11)18-14(21)9-20-15(22)13(19-16(20)23)8-10-4-3-7-24-10/h1-8H,9H2,(H,18,21)(H,19,23)/b13-8+. The van der Waals surface area contributed by atoms with Gasteiger partial charge in [-0.25, -0.2) is 14.1 Å². The molecule has 1 aromatic carbocycles. The molecule has 4 amide bonds. The summed E-state index contributed by atoms with van der Waals surface area (Å²) in [5.74, 6) is -1.86. The van der Waals surface area contributed by atoms with Crippen LogP contribution in [0.5, 0.6) is 0 Å². The Hall–Kier alpha value is -3.00. The molecule has 0 radical (unpaired) electrons. The van der Waals surface area contributed by atoms with Crippen LogP contribution in [0.4, 0.5) is 14.9 Å². The first kappa shape index (κ1) is 15.9. The van der Waals surface area contributed by atoms with Crippen molar-refractivity contribution in [1.82, 2.24) is 10.2 Å². The lowest BCUT2D eigenvalue weighted by Crippen LogP contribution is -2.38. The molecule has 122 valence electrons. The first-order valence-corrected chi connectivity index (χ1v) is 7.85. The van der Waals surface area contributed by atoms with E-state index in [9.17, 15) is 18.8 Å². The second-order valence-corrected chi connectivity index (χ2v) is 5.90. The molecule has 0 saturated carbocycles. The van der Waals surface area contributed by atoms with Gasteiger partial charge in [0, 0.05) is 4.88 Å². The Kier molecular flexibility index (Phi) is 4.39. The van der Waals surface area contributed by atoms with Gasteiger partial charge in [-0.15, -0.1) is 11.3 Å². The molecule has 1 saturated heterocycles. The Morgan fingerprint density at radius 1 is 1.25 bits per heavy atom. The number of benzene rings is 1. The lowest BCUT2D eigenvalue weighted by molar-refractivity contribution is -0.127. The Labute approximate surface area is 140 Å². The summed E-state index contributed by atoms with van der Waals surface area (Å²) in [5, 5.41) is 6.60. The van der Waals surface area contributed by atoms with Gasteiger partial charge < -0.3 is 10.6 Å². The van der Waals surface area contributed by atoms with Crippen LogP contribution in [0.2, 0.25) is 0 Å². The van der Waals surface area contributed by atoms with Gasteiger partial charge in [0.05, 0.1) is 5.69 Å². The predicted molar refractivity (Wildman–Crippen MR) is 87.6 cm³/mol. The zero-order chi connectivity index (χ0) is 17.1. The van der Waals surface area contributed by atoms with E-state index in [0.717, 1.165) is 9.78 Å². The topological polar surface area (TPSA) is 78.5 Å². The van der Waals surface area contributed by atoms with Gasteiger partial charge in [-0.05, 0) is 29.7 Å². The molecule has 0 unspecified atom stereocenters. The van der Waals surface area contributed by atoms with Crippen LogP contribution >= 0.6 is 11.3 Å². The molecular weight excluding hydrogens is 333 g/mol. The summed E-state index contributed by atoms with van der Waals surface area (Å²) in [6.07, 6.45) is 1.54. The van der Waals surface area contributed by atoms with E-state index in [1.54, 1.807) is 18.2 Å². The molecule has 0 aliphatic carbocycles. The summed E-state index contributed by atoms with van der Waals surface area (Å²) in [6, 6.07) is 8.57. The van der Waals surface area contributed by atoms with Crippen molar-refractivity contribution in [3.63, 3.8) is 0 Å². The highest BCUT2D eigenvalue weighted by Gasteiger charge is 2.35. The number of urea groups is 1. The van der Waals surface area contributed by atoms with Crippen LogP contribution in [-0.2, 0) is 9.59 Å². The molecule has 1 aliphatic heterocycles. The van der Waals surface area contributed by atoms with Crippen molar-refractivity contribution >= 4 is 40.9 Å². The lowest BCUT2D eigenvalue weighted by atomic mass is 10.3. The SMILES string of the molecule is O=C(CN1C(=O)N/C(=C/c2cccs2)C1=O)Nc1ccccc1F. The van der Waals surface area contributed by atoms with E-state index in [-0.39, 0.29) is 11.4 Å². The van der Waals surface area contributed by atoms with Gasteiger partial charge in [0.15, 0.2) is 0 Å². The molecular formula is C16H12FN3O3S. The number of amides is 4. The van der Waals surface area contributed by atoms with E-state index in [1.165, 1.54) is 29.5 Å².